The first kappa shape index (κ1) is 12.2. The van der Waals surface area contributed by atoms with Crippen molar-refractivity contribution < 1.29 is 23.1 Å². The first-order chi connectivity index (χ1) is 5.81. The van der Waals surface area contributed by atoms with Gasteiger partial charge in [-0.2, -0.15) is 13.2 Å². The Morgan fingerprint density at radius 1 is 1.54 bits per heavy atom. The third-order valence-corrected chi connectivity index (χ3v) is 1.44. The Balaban J connectivity index is 3.52. The Bertz CT molecular complexity index is 170. The van der Waals surface area contributed by atoms with Crippen LogP contribution in [0, 0.1) is 0 Å². The van der Waals surface area contributed by atoms with Crippen LogP contribution in [-0.2, 0) is 4.79 Å². The van der Waals surface area contributed by atoms with Crippen LogP contribution in [0.3, 0.4) is 0 Å². The van der Waals surface area contributed by atoms with Crippen LogP contribution in [-0.4, -0.2) is 29.8 Å². The van der Waals surface area contributed by atoms with Gasteiger partial charge in [0.15, 0.2) is 0 Å². The number of carboxylic acid groups (broad SMARTS) is 1. The maximum Gasteiger partial charge on any atom is 0.401 e. The summed E-state index contributed by atoms with van der Waals surface area (Å²) in [6, 6.07) is -0.433. The van der Waals surface area contributed by atoms with Gasteiger partial charge in [0.25, 0.3) is 0 Å². The van der Waals surface area contributed by atoms with E-state index in [2.05, 4.69) is 5.32 Å². The van der Waals surface area contributed by atoms with E-state index in [0.717, 1.165) is 0 Å². The van der Waals surface area contributed by atoms with Crippen molar-refractivity contribution in [2.45, 2.75) is 32.0 Å². The van der Waals surface area contributed by atoms with Gasteiger partial charge in [0.2, 0.25) is 0 Å². The van der Waals surface area contributed by atoms with Gasteiger partial charge in [-0.1, -0.05) is 0 Å². The van der Waals surface area contributed by atoms with Crippen molar-refractivity contribution in [2.24, 2.45) is 0 Å². The second-order valence-corrected chi connectivity index (χ2v) is 2.83. The van der Waals surface area contributed by atoms with Gasteiger partial charge in [-0.15, -0.1) is 0 Å². The van der Waals surface area contributed by atoms with E-state index >= 15 is 0 Å². The van der Waals surface area contributed by atoms with Crippen LogP contribution in [0.4, 0.5) is 13.2 Å². The van der Waals surface area contributed by atoms with E-state index in [4.69, 9.17) is 5.11 Å². The van der Waals surface area contributed by atoms with Crippen molar-refractivity contribution in [3.8, 4) is 0 Å². The molecule has 0 spiro atoms. The summed E-state index contributed by atoms with van der Waals surface area (Å²) in [6.45, 7) is 0.447. The Morgan fingerprint density at radius 3 is 2.46 bits per heavy atom. The van der Waals surface area contributed by atoms with E-state index < -0.39 is 24.7 Å². The average molecular weight is 199 g/mol. The predicted molar refractivity (Wildman–Crippen MR) is 40.4 cm³/mol. The molecule has 3 nitrogen and oxygen atoms in total. The van der Waals surface area contributed by atoms with Gasteiger partial charge in [0.05, 0.1) is 6.54 Å². The van der Waals surface area contributed by atoms with Crippen LogP contribution >= 0.6 is 0 Å². The molecular formula is C7H12F3NO2. The van der Waals surface area contributed by atoms with E-state index in [-0.39, 0.29) is 12.8 Å². The number of carbonyl (C=O) groups is 1. The van der Waals surface area contributed by atoms with Crippen molar-refractivity contribution >= 4 is 5.97 Å². The highest BCUT2D eigenvalue weighted by Gasteiger charge is 2.27. The summed E-state index contributed by atoms with van der Waals surface area (Å²) in [6.07, 6.45) is -4.16. The molecule has 0 bridgehead atoms. The SMILES string of the molecule is CC(CCC(=O)O)NCC(F)(F)F. The second-order valence-electron chi connectivity index (χ2n) is 2.83. The minimum atomic E-state index is -4.24. The average Bonchev–Trinajstić information content (AvgIpc) is 1.95. The van der Waals surface area contributed by atoms with E-state index in [1.165, 1.54) is 6.92 Å². The number of nitrogens with one attached hydrogen (secondary N) is 1. The Kier molecular flexibility index (Phi) is 4.76. The molecule has 78 valence electrons. The van der Waals surface area contributed by atoms with Crippen molar-refractivity contribution in [1.29, 1.82) is 0 Å². The molecule has 0 aliphatic carbocycles. The van der Waals surface area contributed by atoms with Crippen molar-refractivity contribution in [3.63, 3.8) is 0 Å². The fraction of sp³-hybridized carbons (Fsp3) is 0.857. The van der Waals surface area contributed by atoms with E-state index in [1.807, 2.05) is 0 Å². The molecule has 0 heterocycles. The molecule has 0 saturated carbocycles. The standard InChI is InChI=1S/C7H12F3NO2/c1-5(2-3-6(12)13)11-4-7(8,9)10/h5,11H,2-4H2,1H3,(H,12,13). The smallest absolute Gasteiger partial charge is 0.401 e. The summed E-state index contributed by atoms with van der Waals surface area (Å²) in [5, 5.41) is 10.4. The van der Waals surface area contributed by atoms with Crippen molar-refractivity contribution in [1.82, 2.24) is 5.32 Å². The fourth-order valence-corrected chi connectivity index (χ4v) is 0.732. The molecule has 0 radical (unpaired) electrons. The molecular weight excluding hydrogens is 187 g/mol. The maximum absolute atomic E-state index is 11.6. The molecule has 0 fully saturated rings. The lowest BCUT2D eigenvalue weighted by Crippen LogP contribution is -2.35. The topological polar surface area (TPSA) is 49.3 Å². The van der Waals surface area contributed by atoms with Crippen LogP contribution in [0.1, 0.15) is 19.8 Å². The van der Waals surface area contributed by atoms with E-state index in [1.54, 1.807) is 0 Å². The van der Waals surface area contributed by atoms with Gasteiger partial charge in [-0.3, -0.25) is 4.79 Å². The minimum absolute atomic E-state index is 0.119. The highest BCUT2D eigenvalue weighted by Crippen LogP contribution is 2.13. The van der Waals surface area contributed by atoms with Crippen LogP contribution in [0.25, 0.3) is 0 Å². The lowest BCUT2D eigenvalue weighted by Gasteiger charge is -2.13. The largest absolute Gasteiger partial charge is 0.481 e. The summed E-state index contributed by atoms with van der Waals surface area (Å²) >= 11 is 0. The molecule has 0 aromatic carbocycles. The van der Waals surface area contributed by atoms with Crippen LogP contribution < -0.4 is 5.32 Å². The third kappa shape index (κ3) is 9.13. The zero-order chi connectivity index (χ0) is 10.5. The van der Waals surface area contributed by atoms with Gasteiger partial charge in [-0.25, -0.2) is 0 Å². The van der Waals surface area contributed by atoms with E-state index in [9.17, 15) is 18.0 Å². The summed E-state index contributed by atoms with van der Waals surface area (Å²) in [7, 11) is 0. The quantitative estimate of drug-likeness (QED) is 0.703. The number of aliphatic carboxylic acids is 1. The van der Waals surface area contributed by atoms with Crippen molar-refractivity contribution in [3.05, 3.63) is 0 Å². The second kappa shape index (κ2) is 5.06. The molecule has 1 unspecified atom stereocenters. The molecule has 0 aliphatic rings. The molecule has 0 rings (SSSR count). The number of hydrogen-bond donors (Lipinski definition) is 2. The van der Waals surface area contributed by atoms with Crippen LogP contribution in [0.2, 0.25) is 0 Å². The number of rotatable bonds is 5. The Morgan fingerprint density at radius 2 is 2.08 bits per heavy atom. The molecule has 0 amide bonds. The lowest BCUT2D eigenvalue weighted by atomic mass is 10.2. The predicted octanol–water partition coefficient (Wildman–Crippen LogP) is 1.39. The number of halogens is 3. The van der Waals surface area contributed by atoms with Crippen molar-refractivity contribution in [2.75, 3.05) is 6.54 Å². The zero-order valence-corrected chi connectivity index (χ0v) is 7.19. The number of alkyl halides is 3. The van der Waals surface area contributed by atoms with Gasteiger partial charge >= 0.3 is 12.1 Å². The maximum atomic E-state index is 11.6. The highest BCUT2D eigenvalue weighted by molar-refractivity contribution is 5.66. The first-order valence-corrected chi connectivity index (χ1v) is 3.83. The van der Waals surface area contributed by atoms with Crippen LogP contribution in [0.15, 0.2) is 0 Å². The van der Waals surface area contributed by atoms with E-state index in [0.29, 0.717) is 0 Å². The summed E-state index contributed by atoms with van der Waals surface area (Å²) < 4.78 is 34.9. The molecule has 0 aromatic heterocycles. The lowest BCUT2D eigenvalue weighted by molar-refractivity contribution is -0.137. The first-order valence-electron chi connectivity index (χ1n) is 3.83. The van der Waals surface area contributed by atoms with Gasteiger partial charge in [0.1, 0.15) is 0 Å². The van der Waals surface area contributed by atoms with Gasteiger partial charge in [0, 0.05) is 12.5 Å². The normalized spacial score (nSPS) is 14.2. The number of carboxylic acids is 1. The molecule has 2 N–H and O–H groups in total. The molecule has 13 heavy (non-hydrogen) atoms. The molecule has 6 heteroatoms. The van der Waals surface area contributed by atoms with Gasteiger partial charge < -0.3 is 10.4 Å². The number of hydrogen-bond acceptors (Lipinski definition) is 2. The minimum Gasteiger partial charge on any atom is -0.481 e. The third-order valence-electron chi connectivity index (χ3n) is 1.44. The summed E-state index contributed by atoms with van der Waals surface area (Å²) in [5.41, 5.74) is 0. The van der Waals surface area contributed by atoms with Gasteiger partial charge in [-0.05, 0) is 13.3 Å². The molecule has 0 aliphatic heterocycles. The summed E-state index contributed by atoms with van der Waals surface area (Å²) in [4.78, 5) is 10.1. The Hall–Kier alpha value is -0.780. The summed E-state index contributed by atoms with van der Waals surface area (Å²) in [5.74, 6) is -0.999. The monoisotopic (exact) mass is 199 g/mol. The zero-order valence-electron chi connectivity index (χ0n) is 7.19. The molecule has 1 atom stereocenters. The molecule has 0 saturated heterocycles. The fourth-order valence-electron chi connectivity index (χ4n) is 0.732. The van der Waals surface area contributed by atoms with Crippen LogP contribution in [0.5, 0.6) is 0 Å². The molecule has 0 aromatic rings. The highest BCUT2D eigenvalue weighted by atomic mass is 19.4. The Labute approximate surface area is 73.9 Å².